The van der Waals surface area contributed by atoms with Gasteiger partial charge in [0.15, 0.2) is 0 Å². The molecule has 0 atom stereocenters. The lowest BCUT2D eigenvalue weighted by molar-refractivity contribution is -0.132. The second kappa shape index (κ2) is 9.47. The molecule has 1 saturated heterocycles. The fraction of sp³-hybridized carbons (Fsp3) is 0.400. The minimum atomic E-state index is -0.950. The second-order valence-corrected chi connectivity index (χ2v) is 7.16. The molecule has 160 valence electrons. The van der Waals surface area contributed by atoms with Gasteiger partial charge in [0, 0.05) is 51.4 Å². The predicted molar refractivity (Wildman–Crippen MR) is 104 cm³/mol. The maximum Gasteiger partial charge on any atom is 0.254 e. The Kier molecular flexibility index (Phi) is 6.76. The van der Waals surface area contributed by atoms with Crippen molar-refractivity contribution in [3.05, 3.63) is 53.4 Å². The zero-order valence-corrected chi connectivity index (χ0v) is 16.5. The summed E-state index contributed by atoms with van der Waals surface area (Å²) in [5.41, 5.74) is 0.221. The van der Waals surface area contributed by atoms with Crippen LogP contribution in [-0.2, 0) is 11.8 Å². The Bertz CT molecular complexity index is 938. The highest BCUT2D eigenvalue weighted by molar-refractivity contribution is 5.95. The van der Waals surface area contributed by atoms with Crippen molar-refractivity contribution < 1.29 is 23.2 Å². The summed E-state index contributed by atoms with van der Waals surface area (Å²) in [5, 5.41) is 9.38. The average Bonchev–Trinajstić information content (AvgIpc) is 3.15. The molecule has 1 fully saturated rings. The first-order valence-corrected chi connectivity index (χ1v) is 9.64. The maximum absolute atomic E-state index is 13.6. The van der Waals surface area contributed by atoms with E-state index in [1.165, 1.54) is 6.20 Å². The molecule has 2 heterocycles. The summed E-state index contributed by atoms with van der Waals surface area (Å²) in [6, 6.07) is 2.67. The first-order chi connectivity index (χ1) is 14.3. The molecule has 1 aliphatic heterocycles. The number of carbonyl (C=O) groups excluding carboxylic acids is 3. The number of hydrogen-bond acceptors (Lipinski definition) is 4. The number of likely N-dealkylation sites (tertiary alicyclic amines) is 1. The summed E-state index contributed by atoms with van der Waals surface area (Å²) in [6.07, 6.45) is 4.47. The zero-order valence-electron chi connectivity index (χ0n) is 16.5. The Balaban J connectivity index is 1.39. The lowest BCUT2D eigenvalue weighted by atomic mass is 10.0. The molecule has 0 spiro atoms. The number of aryl methyl sites for hydroxylation is 1. The van der Waals surface area contributed by atoms with E-state index in [4.69, 9.17) is 0 Å². The van der Waals surface area contributed by atoms with Gasteiger partial charge >= 0.3 is 0 Å². The van der Waals surface area contributed by atoms with Crippen LogP contribution < -0.4 is 10.6 Å². The number of amides is 3. The standard InChI is InChI=1S/C20H23F2N5O3/c1-26-12-13(11-24-26)19(29)25-15-5-8-27(9-6-15)18(28)4-7-23-20(30)16-3-2-14(21)10-17(16)22/h2-3,10-12,15H,4-9H2,1H3,(H,23,30)(H,25,29). The van der Waals surface area contributed by atoms with E-state index in [1.54, 1.807) is 22.8 Å². The molecule has 0 radical (unpaired) electrons. The molecule has 3 amide bonds. The van der Waals surface area contributed by atoms with Gasteiger partial charge in [-0.2, -0.15) is 5.10 Å². The summed E-state index contributed by atoms with van der Waals surface area (Å²) in [5.74, 6) is -2.74. The number of hydrogen-bond donors (Lipinski definition) is 2. The lowest BCUT2D eigenvalue weighted by Crippen LogP contribution is -2.47. The van der Waals surface area contributed by atoms with Crippen LogP contribution in [0.5, 0.6) is 0 Å². The topological polar surface area (TPSA) is 96.3 Å². The molecule has 30 heavy (non-hydrogen) atoms. The van der Waals surface area contributed by atoms with Crippen molar-refractivity contribution in [1.82, 2.24) is 25.3 Å². The van der Waals surface area contributed by atoms with Gasteiger partial charge in [-0.25, -0.2) is 8.78 Å². The highest BCUT2D eigenvalue weighted by Crippen LogP contribution is 2.13. The van der Waals surface area contributed by atoms with E-state index in [9.17, 15) is 23.2 Å². The van der Waals surface area contributed by atoms with Crippen LogP contribution in [0.1, 0.15) is 40.0 Å². The third-order valence-corrected chi connectivity index (χ3v) is 4.95. The van der Waals surface area contributed by atoms with Gasteiger partial charge in [-0.05, 0) is 25.0 Å². The molecule has 3 rings (SSSR count). The van der Waals surface area contributed by atoms with Crippen LogP contribution in [-0.4, -0.2) is 58.1 Å². The summed E-state index contributed by atoms with van der Waals surface area (Å²) in [7, 11) is 1.74. The normalized spacial score (nSPS) is 14.4. The number of nitrogens with zero attached hydrogens (tertiary/aromatic N) is 3. The number of piperidine rings is 1. The molecular weight excluding hydrogens is 396 g/mol. The molecule has 2 aromatic rings. The van der Waals surface area contributed by atoms with Crippen molar-refractivity contribution in [3.8, 4) is 0 Å². The van der Waals surface area contributed by atoms with Gasteiger partial charge < -0.3 is 15.5 Å². The van der Waals surface area contributed by atoms with Crippen LogP contribution in [0.4, 0.5) is 8.78 Å². The Morgan fingerprint density at radius 1 is 1.17 bits per heavy atom. The van der Waals surface area contributed by atoms with Crippen molar-refractivity contribution in [1.29, 1.82) is 0 Å². The van der Waals surface area contributed by atoms with Gasteiger partial charge in [0.2, 0.25) is 5.91 Å². The predicted octanol–water partition coefficient (Wildman–Crippen LogP) is 1.24. The fourth-order valence-electron chi connectivity index (χ4n) is 3.29. The van der Waals surface area contributed by atoms with Gasteiger partial charge in [-0.3, -0.25) is 19.1 Å². The van der Waals surface area contributed by atoms with Crippen molar-refractivity contribution in [3.63, 3.8) is 0 Å². The highest BCUT2D eigenvalue weighted by atomic mass is 19.1. The van der Waals surface area contributed by atoms with E-state index in [-0.39, 0.29) is 36.4 Å². The van der Waals surface area contributed by atoms with Gasteiger partial charge in [-0.15, -0.1) is 0 Å². The van der Waals surface area contributed by atoms with Crippen LogP contribution >= 0.6 is 0 Å². The van der Waals surface area contributed by atoms with Crippen molar-refractivity contribution in [2.75, 3.05) is 19.6 Å². The van der Waals surface area contributed by atoms with Crippen LogP contribution in [0.3, 0.4) is 0 Å². The van der Waals surface area contributed by atoms with Gasteiger partial charge in [0.25, 0.3) is 11.8 Å². The van der Waals surface area contributed by atoms with Crippen LogP contribution in [0.2, 0.25) is 0 Å². The summed E-state index contributed by atoms with van der Waals surface area (Å²) in [4.78, 5) is 38.1. The smallest absolute Gasteiger partial charge is 0.254 e. The molecule has 1 aromatic heterocycles. The molecule has 0 bridgehead atoms. The Morgan fingerprint density at radius 2 is 1.90 bits per heavy atom. The maximum atomic E-state index is 13.6. The van der Waals surface area contributed by atoms with E-state index < -0.39 is 17.5 Å². The molecule has 1 aliphatic rings. The Labute approximate surface area is 172 Å². The van der Waals surface area contributed by atoms with E-state index >= 15 is 0 Å². The second-order valence-electron chi connectivity index (χ2n) is 7.16. The molecule has 2 N–H and O–H groups in total. The summed E-state index contributed by atoms with van der Waals surface area (Å²) < 4.78 is 28.1. The van der Waals surface area contributed by atoms with E-state index in [1.807, 2.05) is 0 Å². The SMILES string of the molecule is Cn1cc(C(=O)NC2CCN(C(=O)CCNC(=O)c3ccc(F)cc3F)CC2)cn1. The van der Waals surface area contributed by atoms with Gasteiger partial charge in [0.1, 0.15) is 11.6 Å². The largest absolute Gasteiger partial charge is 0.351 e. The van der Waals surface area contributed by atoms with Crippen molar-refractivity contribution in [2.24, 2.45) is 7.05 Å². The zero-order chi connectivity index (χ0) is 21.7. The van der Waals surface area contributed by atoms with Gasteiger partial charge in [0.05, 0.1) is 17.3 Å². The minimum Gasteiger partial charge on any atom is -0.351 e. The number of halogens is 2. The van der Waals surface area contributed by atoms with Crippen molar-refractivity contribution in [2.45, 2.75) is 25.3 Å². The number of benzene rings is 1. The van der Waals surface area contributed by atoms with Gasteiger partial charge in [-0.1, -0.05) is 0 Å². The number of rotatable bonds is 6. The first kappa shape index (κ1) is 21.4. The number of aromatic nitrogens is 2. The minimum absolute atomic E-state index is 0.0251. The van der Waals surface area contributed by atoms with E-state index in [0.717, 1.165) is 12.1 Å². The summed E-state index contributed by atoms with van der Waals surface area (Å²) in [6.45, 7) is 1.04. The molecule has 0 aliphatic carbocycles. The van der Waals surface area contributed by atoms with E-state index in [0.29, 0.717) is 37.6 Å². The Hall–Kier alpha value is -3.30. The third-order valence-electron chi connectivity index (χ3n) is 4.95. The highest BCUT2D eigenvalue weighted by Gasteiger charge is 2.24. The quantitative estimate of drug-likeness (QED) is 0.736. The molecule has 0 unspecified atom stereocenters. The molecule has 10 heteroatoms. The Morgan fingerprint density at radius 3 is 2.53 bits per heavy atom. The monoisotopic (exact) mass is 419 g/mol. The van der Waals surface area contributed by atoms with Crippen LogP contribution in [0.25, 0.3) is 0 Å². The summed E-state index contributed by atoms with van der Waals surface area (Å²) >= 11 is 0. The average molecular weight is 419 g/mol. The van der Waals surface area contributed by atoms with E-state index in [2.05, 4.69) is 15.7 Å². The number of carbonyl (C=O) groups is 3. The van der Waals surface area contributed by atoms with Crippen LogP contribution in [0.15, 0.2) is 30.6 Å². The van der Waals surface area contributed by atoms with Crippen LogP contribution in [0, 0.1) is 11.6 Å². The van der Waals surface area contributed by atoms with Crippen molar-refractivity contribution >= 4 is 17.7 Å². The molecular formula is C20H23F2N5O3. The lowest BCUT2D eigenvalue weighted by Gasteiger charge is -2.32. The third kappa shape index (κ3) is 5.40. The first-order valence-electron chi connectivity index (χ1n) is 9.64. The molecule has 1 aromatic carbocycles. The molecule has 8 nitrogen and oxygen atoms in total. The fourth-order valence-corrected chi connectivity index (χ4v) is 3.29. The molecule has 0 saturated carbocycles. The number of nitrogens with one attached hydrogen (secondary N) is 2.